The van der Waals surface area contributed by atoms with E-state index in [0.717, 1.165) is 42.6 Å². The van der Waals surface area contributed by atoms with Gasteiger partial charge in [0.15, 0.2) is 5.96 Å². The number of hydrogen-bond donors (Lipinski definition) is 2. The van der Waals surface area contributed by atoms with Crippen molar-refractivity contribution in [1.29, 1.82) is 0 Å². The summed E-state index contributed by atoms with van der Waals surface area (Å²) in [5.74, 6) is 0.943. The molecule has 0 saturated heterocycles. The van der Waals surface area contributed by atoms with E-state index < -0.39 is 0 Å². The zero-order chi connectivity index (χ0) is 12.8. The first-order valence-electron chi connectivity index (χ1n) is 6.53. The molecule has 19 heavy (non-hydrogen) atoms. The average molecular weight is 347 g/mol. The van der Waals surface area contributed by atoms with Crippen LogP contribution in [0, 0.1) is 6.92 Å². The lowest BCUT2D eigenvalue weighted by Gasteiger charge is -2.10. The summed E-state index contributed by atoms with van der Waals surface area (Å²) in [6.45, 7) is 4.88. The lowest BCUT2D eigenvalue weighted by Crippen LogP contribution is -2.38. The van der Waals surface area contributed by atoms with Gasteiger partial charge in [0.05, 0.1) is 0 Å². The second-order valence-corrected chi connectivity index (χ2v) is 5.03. The maximum atomic E-state index is 6.01. The number of nitrogens with zero attached hydrogens (tertiary/aromatic N) is 1. The second-order valence-electron chi connectivity index (χ2n) is 4.62. The highest BCUT2D eigenvalue weighted by molar-refractivity contribution is 8.93. The topological polar surface area (TPSA) is 36.4 Å². The molecule has 0 atom stereocenters. The molecule has 2 N–H and O–H groups in total. The Bertz CT molecular complexity index is 435. The summed E-state index contributed by atoms with van der Waals surface area (Å²) in [6.07, 6.45) is 3.36. The zero-order valence-corrected chi connectivity index (χ0v) is 13.7. The van der Waals surface area contributed by atoms with Crippen molar-refractivity contribution in [3.63, 3.8) is 0 Å². The van der Waals surface area contributed by atoms with E-state index in [1.54, 1.807) is 0 Å². The molecule has 106 valence electrons. The van der Waals surface area contributed by atoms with E-state index in [4.69, 9.17) is 11.6 Å². The highest BCUT2D eigenvalue weighted by Gasteiger charge is 2.02. The largest absolute Gasteiger partial charge is 0.356 e. The molecule has 0 saturated carbocycles. The van der Waals surface area contributed by atoms with Crippen LogP contribution in [0.1, 0.15) is 24.0 Å². The van der Waals surface area contributed by atoms with E-state index in [1.807, 2.05) is 13.0 Å². The Morgan fingerprint density at radius 3 is 3.00 bits per heavy atom. The van der Waals surface area contributed by atoms with Crippen molar-refractivity contribution in [2.75, 3.05) is 19.6 Å². The fraction of sp³-hybridized carbons (Fsp3) is 0.500. The van der Waals surface area contributed by atoms with E-state index >= 15 is 0 Å². The van der Waals surface area contributed by atoms with Crippen LogP contribution in [-0.2, 0) is 6.42 Å². The van der Waals surface area contributed by atoms with Crippen molar-refractivity contribution in [1.82, 2.24) is 10.6 Å². The van der Waals surface area contributed by atoms with Crippen molar-refractivity contribution in [3.8, 4) is 0 Å². The molecule has 3 nitrogen and oxygen atoms in total. The Morgan fingerprint density at radius 2 is 2.21 bits per heavy atom. The van der Waals surface area contributed by atoms with Crippen LogP contribution < -0.4 is 10.6 Å². The van der Waals surface area contributed by atoms with Crippen molar-refractivity contribution < 1.29 is 0 Å². The molecule has 1 aliphatic heterocycles. The first kappa shape index (κ1) is 16.3. The average Bonchev–Trinajstić information content (AvgIpc) is 2.62. The maximum absolute atomic E-state index is 6.01. The lowest BCUT2D eigenvalue weighted by molar-refractivity contribution is 0.741. The first-order valence-corrected chi connectivity index (χ1v) is 6.91. The van der Waals surface area contributed by atoms with Crippen LogP contribution in [0.15, 0.2) is 23.2 Å². The zero-order valence-electron chi connectivity index (χ0n) is 11.2. The molecule has 0 radical (unpaired) electrons. The molecule has 1 heterocycles. The van der Waals surface area contributed by atoms with Gasteiger partial charge in [-0.15, -0.1) is 17.0 Å². The Balaban J connectivity index is 0.00000180. The summed E-state index contributed by atoms with van der Waals surface area (Å²) < 4.78 is 0. The predicted octanol–water partition coefficient (Wildman–Crippen LogP) is 3.10. The van der Waals surface area contributed by atoms with Crippen molar-refractivity contribution in [2.24, 2.45) is 4.99 Å². The molecule has 1 aromatic rings. The molecule has 0 spiro atoms. The van der Waals surface area contributed by atoms with Crippen LogP contribution in [0.25, 0.3) is 0 Å². The van der Waals surface area contributed by atoms with Gasteiger partial charge in [-0.3, -0.25) is 4.99 Å². The van der Waals surface area contributed by atoms with Crippen LogP contribution in [0.4, 0.5) is 0 Å². The van der Waals surface area contributed by atoms with Gasteiger partial charge in [-0.1, -0.05) is 23.7 Å². The quantitative estimate of drug-likeness (QED) is 0.882. The van der Waals surface area contributed by atoms with E-state index in [9.17, 15) is 0 Å². The fourth-order valence-corrected chi connectivity index (χ4v) is 2.11. The van der Waals surface area contributed by atoms with Gasteiger partial charge in [-0.2, -0.15) is 0 Å². The van der Waals surface area contributed by atoms with Crippen molar-refractivity contribution >= 4 is 34.5 Å². The molecule has 0 unspecified atom stereocenters. The highest BCUT2D eigenvalue weighted by atomic mass is 79.9. The molecule has 1 aromatic carbocycles. The third kappa shape index (κ3) is 5.41. The van der Waals surface area contributed by atoms with Gasteiger partial charge in [-0.25, -0.2) is 0 Å². The molecule has 0 fully saturated rings. The third-order valence-electron chi connectivity index (χ3n) is 3.08. The molecule has 0 aromatic heterocycles. The van der Waals surface area contributed by atoms with Gasteiger partial charge in [-0.05, 0) is 43.4 Å². The lowest BCUT2D eigenvalue weighted by atomic mass is 10.1. The normalized spacial score (nSPS) is 14.7. The molecule has 2 rings (SSSR count). The number of hydrogen-bond acceptors (Lipinski definition) is 3. The minimum atomic E-state index is 0. The van der Waals surface area contributed by atoms with Crippen LogP contribution in [-0.4, -0.2) is 25.6 Å². The minimum Gasteiger partial charge on any atom is -0.356 e. The smallest absolute Gasteiger partial charge is 0.191 e. The molecule has 5 heteroatoms. The monoisotopic (exact) mass is 345 g/mol. The Labute approximate surface area is 130 Å². The van der Waals surface area contributed by atoms with Gasteiger partial charge < -0.3 is 10.6 Å². The second kappa shape index (κ2) is 8.43. The van der Waals surface area contributed by atoms with Gasteiger partial charge >= 0.3 is 0 Å². The summed E-state index contributed by atoms with van der Waals surface area (Å²) in [5, 5.41) is 7.49. The summed E-state index contributed by atoms with van der Waals surface area (Å²) in [5.41, 5.74) is 2.44. The van der Waals surface area contributed by atoms with Gasteiger partial charge in [0, 0.05) is 24.7 Å². The fourth-order valence-electron chi connectivity index (χ4n) is 2.00. The van der Waals surface area contributed by atoms with Crippen LogP contribution in [0.5, 0.6) is 0 Å². The van der Waals surface area contributed by atoms with E-state index in [-0.39, 0.29) is 17.0 Å². The van der Waals surface area contributed by atoms with Crippen LogP contribution in [0.2, 0.25) is 5.02 Å². The molecule has 0 amide bonds. The van der Waals surface area contributed by atoms with Crippen LogP contribution >= 0.6 is 28.6 Å². The SMILES string of the molecule is Br.Cc1cc(CCNC2=NCCCCN2)ccc1Cl. The molecular weight excluding hydrogens is 326 g/mol. The molecule has 1 aliphatic rings. The Hall–Kier alpha value is -0.740. The summed E-state index contributed by atoms with van der Waals surface area (Å²) >= 11 is 6.01. The van der Waals surface area contributed by atoms with Crippen LogP contribution in [0.3, 0.4) is 0 Å². The highest BCUT2D eigenvalue weighted by Crippen LogP contribution is 2.16. The number of aliphatic imine (C=N–C) groups is 1. The van der Waals surface area contributed by atoms with Crippen molar-refractivity contribution in [2.45, 2.75) is 26.2 Å². The van der Waals surface area contributed by atoms with Gasteiger partial charge in [0.2, 0.25) is 0 Å². The Kier molecular flexibility index (Phi) is 7.24. The summed E-state index contributed by atoms with van der Waals surface area (Å²) in [6, 6.07) is 6.19. The van der Waals surface area contributed by atoms with Gasteiger partial charge in [0.25, 0.3) is 0 Å². The third-order valence-corrected chi connectivity index (χ3v) is 3.50. The number of rotatable bonds is 3. The number of nitrogens with one attached hydrogen (secondary N) is 2. The molecule has 0 bridgehead atoms. The molecular formula is C14H21BrClN3. The predicted molar refractivity (Wildman–Crippen MR) is 87.8 cm³/mol. The minimum absolute atomic E-state index is 0. The number of halogens is 2. The maximum Gasteiger partial charge on any atom is 0.191 e. The summed E-state index contributed by atoms with van der Waals surface area (Å²) in [7, 11) is 0. The Morgan fingerprint density at radius 1 is 1.37 bits per heavy atom. The standard InChI is InChI=1S/C14H20ClN3.BrH/c1-11-10-12(4-5-13(11)15)6-9-18-14-16-7-2-3-8-17-14;/h4-5,10H,2-3,6-9H2,1H3,(H2,16,17,18);1H. The first-order chi connectivity index (χ1) is 8.75. The van der Waals surface area contributed by atoms with Gasteiger partial charge in [0.1, 0.15) is 0 Å². The van der Waals surface area contributed by atoms with E-state index in [2.05, 4.69) is 27.8 Å². The van der Waals surface area contributed by atoms with E-state index in [1.165, 1.54) is 18.4 Å². The molecule has 0 aliphatic carbocycles. The number of benzene rings is 1. The van der Waals surface area contributed by atoms with Crippen molar-refractivity contribution in [3.05, 3.63) is 34.3 Å². The summed E-state index contributed by atoms with van der Waals surface area (Å²) in [4.78, 5) is 4.46. The number of aryl methyl sites for hydroxylation is 1. The number of guanidine groups is 1. The van der Waals surface area contributed by atoms with E-state index in [0.29, 0.717) is 0 Å².